The molecule has 6 nitrogen and oxygen atoms in total. The van der Waals surface area contributed by atoms with E-state index >= 15 is 0 Å². The first-order chi connectivity index (χ1) is 7.65. The number of rotatable bonds is 8. The Balaban J connectivity index is 3.79. The molecule has 0 spiro atoms. The van der Waals surface area contributed by atoms with Gasteiger partial charge in [0, 0.05) is 13.7 Å². The Morgan fingerprint density at radius 2 is 2.00 bits per heavy atom. The zero-order valence-corrected chi connectivity index (χ0v) is 10.0. The highest BCUT2D eigenvalue weighted by molar-refractivity contribution is 5.85. The van der Waals surface area contributed by atoms with E-state index in [0.29, 0.717) is 19.6 Å². The fraction of sp³-hybridized carbons (Fsp3) is 0.800. The van der Waals surface area contributed by atoms with Crippen LogP contribution in [0.5, 0.6) is 0 Å². The first-order valence-corrected chi connectivity index (χ1v) is 5.22. The minimum absolute atomic E-state index is 0.164. The molecule has 0 aliphatic rings. The van der Waals surface area contributed by atoms with Gasteiger partial charge in [0.2, 0.25) is 5.91 Å². The van der Waals surface area contributed by atoms with Crippen LogP contribution in [0, 0.1) is 0 Å². The zero-order chi connectivity index (χ0) is 12.4. The van der Waals surface area contributed by atoms with Crippen molar-refractivity contribution in [2.75, 3.05) is 33.9 Å². The van der Waals surface area contributed by atoms with Gasteiger partial charge in [-0.25, -0.2) is 4.79 Å². The van der Waals surface area contributed by atoms with Gasteiger partial charge >= 0.3 is 5.97 Å². The summed E-state index contributed by atoms with van der Waals surface area (Å²) in [7, 11) is 2.89. The van der Waals surface area contributed by atoms with Gasteiger partial charge in [-0.3, -0.25) is 4.79 Å². The molecule has 0 saturated carbocycles. The molecule has 6 heteroatoms. The maximum absolute atomic E-state index is 11.4. The number of amides is 1. The summed E-state index contributed by atoms with van der Waals surface area (Å²) < 4.78 is 9.37. The van der Waals surface area contributed by atoms with Crippen molar-refractivity contribution in [3.63, 3.8) is 0 Å². The van der Waals surface area contributed by atoms with Crippen LogP contribution in [0.1, 0.15) is 13.3 Å². The van der Waals surface area contributed by atoms with Gasteiger partial charge in [-0.1, -0.05) is 6.92 Å². The van der Waals surface area contributed by atoms with Gasteiger partial charge in [-0.2, -0.15) is 0 Å². The molecule has 0 aromatic rings. The summed E-state index contributed by atoms with van der Waals surface area (Å²) in [5, 5.41) is 5.46. The van der Waals surface area contributed by atoms with E-state index in [2.05, 4.69) is 15.4 Å². The molecule has 0 aromatic heterocycles. The SMILES string of the molecule is CCC(NC(=O)CNCCOC)C(=O)OC. The summed E-state index contributed by atoms with van der Waals surface area (Å²) in [6.07, 6.45) is 0.510. The molecule has 1 amide bonds. The topological polar surface area (TPSA) is 76.7 Å². The highest BCUT2D eigenvalue weighted by atomic mass is 16.5. The molecule has 1 unspecified atom stereocenters. The lowest BCUT2D eigenvalue weighted by molar-refractivity contribution is -0.145. The molecule has 0 saturated heterocycles. The molecule has 0 rings (SSSR count). The van der Waals surface area contributed by atoms with Gasteiger partial charge in [0.05, 0.1) is 20.3 Å². The van der Waals surface area contributed by atoms with Gasteiger partial charge in [0.1, 0.15) is 6.04 Å². The van der Waals surface area contributed by atoms with Crippen molar-refractivity contribution in [3.05, 3.63) is 0 Å². The van der Waals surface area contributed by atoms with Crippen LogP contribution in [-0.2, 0) is 19.1 Å². The van der Waals surface area contributed by atoms with E-state index in [1.165, 1.54) is 7.11 Å². The Labute approximate surface area is 95.7 Å². The standard InChI is InChI=1S/C10H20N2O4/c1-4-8(10(14)16-3)12-9(13)7-11-5-6-15-2/h8,11H,4-7H2,1-3H3,(H,12,13). The molecule has 0 bridgehead atoms. The molecule has 16 heavy (non-hydrogen) atoms. The molecule has 0 aromatic carbocycles. The summed E-state index contributed by atoms with van der Waals surface area (Å²) in [6.45, 7) is 3.11. The van der Waals surface area contributed by atoms with Crippen molar-refractivity contribution < 1.29 is 19.1 Å². The van der Waals surface area contributed by atoms with E-state index in [-0.39, 0.29) is 12.5 Å². The van der Waals surface area contributed by atoms with Crippen molar-refractivity contribution in [2.45, 2.75) is 19.4 Å². The minimum Gasteiger partial charge on any atom is -0.467 e. The Bertz CT molecular complexity index is 221. The summed E-state index contributed by atoms with van der Waals surface area (Å²) in [5.41, 5.74) is 0. The molecule has 0 heterocycles. The van der Waals surface area contributed by atoms with Crippen LogP contribution in [0.15, 0.2) is 0 Å². The van der Waals surface area contributed by atoms with Crippen LogP contribution in [0.3, 0.4) is 0 Å². The number of carbonyl (C=O) groups excluding carboxylic acids is 2. The fourth-order valence-electron chi connectivity index (χ4n) is 1.09. The first-order valence-electron chi connectivity index (χ1n) is 5.22. The Hall–Kier alpha value is -1.14. The molecule has 0 aliphatic carbocycles. The van der Waals surface area contributed by atoms with E-state index in [0.717, 1.165) is 0 Å². The third kappa shape index (κ3) is 6.36. The van der Waals surface area contributed by atoms with E-state index < -0.39 is 12.0 Å². The molecular weight excluding hydrogens is 212 g/mol. The van der Waals surface area contributed by atoms with Crippen molar-refractivity contribution >= 4 is 11.9 Å². The molecule has 0 aliphatic heterocycles. The number of hydrogen-bond acceptors (Lipinski definition) is 5. The summed E-state index contributed by atoms with van der Waals surface area (Å²) in [4.78, 5) is 22.6. The number of carbonyl (C=O) groups is 2. The zero-order valence-electron chi connectivity index (χ0n) is 10.0. The number of hydrogen-bond donors (Lipinski definition) is 2. The Kier molecular flexibility index (Phi) is 8.46. The summed E-state index contributed by atoms with van der Waals surface area (Å²) >= 11 is 0. The predicted octanol–water partition coefficient (Wildman–Crippen LogP) is -0.710. The van der Waals surface area contributed by atoms with Crippen LogP contribution in [-0.4, -0.2) is 51.8 Å². The van der Waals surface area contributed by atoms with E-state index in [1.807, 2.05) is 0 Å². The lowest BCUT2D eigenvalue weighted by Gasteiger charge is -2.14. The molecule has 1 atom stereocenters. The maximum atomic E-state index is 11.4. The van der Waals surface area contributed by atoms with Gasteiger partial charge in [-0.05, 0) is 6.42 Å². The van der Waals surface area contributed by atoms with Crippen molar-refractivity contribution in [2.24, 2.45) is 0 Å². The summed E-state index contributed by atoms with van der Waals surface area (Å²) in [5.74, 6) is -0.652. The lowest BCUT2D eigenvalue weighted by atomic mass is 10.2. The minimum atomic E-state index is -0.568. The van der Waals surface area contributed by atoms with Crippen molar-refractivity contribution in [1.29, 1.82) is 0 Å². The Morgan fingerprint density at radius 3 is 2.50 bits per heavy atom. The van der Waals surface area contributed by atoms with E-state index in [4.69, 9.17) is 4.74 Å². The summed E-state index contributed by atoms with van der Waals surface area (Å²) in [6, 6.07) is -0.568. The Morgan fingerprint density at radius 1 is 1.31 bits per heavy atom. The third-order valence-electron chi connectivity index (χ3n) is 2.00. The first kappa shape index (κ1) is 14.9. The number of ether oxygens (including phenoxy) is 2. The van der Waals surface area contributed by atoms with Gasteiger partial charge in [0.15, 0.2) is 0 Å². The molecular formula is C10H20N2O4. The highest BCUT2D eigenvalue weighted by Gasteiger charge is 2.18. The third-order valence-corrected chi connectivity index (χ3v) is 2.00. The second-order valence-corrected chi connectivity index (χ2v) is 3.22. The predicted molar refractivity (Wildman–Crippen MR) is 59.0 cm³/mol. The van der Waals surface area contributed by atoms with Gasteiger partial charge in [-0.15, -0.1) is 0 Å². The van der Waals surface area contributed by atoms with Crippen LogP contribution in [0.4, 0.5) is 0 Å². The number of methoxy groups -OCH3 is 2. The van der Waals surface area contributed by atoms with Crippen LogP contribution in [0.2, 0.25) is 0 Å². The van der Waals surface area contributed by atoms with Crippen LogP contribution in [0.25, 0.3) is 0 Å². The molecule has 94 valence electrons. The van der Waals surface area contributed by atoms with Gasteiger partial charge < -0.3 is 20.1 Å². The second-order valence-electron chi connectivity index (χ2n) is 3.22. The second kappa shape index (κ2) is 9.11. The van der Waals surface area contributed by atoms with Crippen molar-refractivity contribution in [3.8, 4) is 0 Å². The lowest BCUT2D eigenvalue weighted by Crippen LogP contribution is -2.45. The van der Waals surface area contributed by atoms with Crippen molar-refractivity contribution in [1.82, 2.24) is 10.6 Å². The highest BCUT2D eigenvalue weighted by Crippen LogP contribution is 1.93. The smallest absolute Gasteiger partial charge is 0.328 e. The van der Waals surface area contributed by atoms with E-state index in [1.54, 1.807) is 14.0 Å². The molecule has 0 radical (unpaired) electrons. The monoisotopic (exact) mass is 232 g/mol. The van der Waals surface area contributed by atoms with E-state index in [9.17, 15) is 9.59 Å². The average molecular weight is 232 g/mol. The fourth-order valence-corrected chi connectivity index (χ4v) is 1.09. The molecule has 2 N–H and O–H groups in total. The normalized spacial score (nSPS) is 11.9. The number of esters is 1. The maximum Gasteiger partial charge on any atom is 0.328 e. The van der Waals surface area contributed by atoms with Crippen LogP contribution < -0.4 is 10.6 Å². The van der Waals surface area contributed by atoms with Gasteiger partial charge in [0.25, 0.3) is 0 Å². The quantitative estimate of drug-likeness (QED) is 0.427. The van der Waals surface area contributed by atoms with Crippen LogP contribution >= 0.6 is 0 Å². The number of nitrogens with one attached hydrogen (secondary N) is 2. The average Bonchev–Trinajstić information content (AvgIpc) is 2.30. The largest absolute Gasteiger partial charge is 0.467 e. The molecule has 0 fully saturated rings.